The molecule has 0 saturated carbocycles. The second-order valence-electron chi connectivity index (χ2n) is 13.0. The van der Waals surface area contributed by atoms with Gasteiger partial charge in [-0.2, -0.15) is 9.40 Å². The number of fused-ring (bicyclic) bond motifs is 1. The van der Waals surface area contributed by atoms with Gasteiger partial charge in [-0.3, -0.25) is 14.7 Å². The fourth-order valence-corrected chi connectivity index (χ4v) is 7.89. The molecule has 1 atom stereocenters. The number of halogens is 2. The van der Waals surface area contributed by atoms with E-state index >= 15 is 0 Å². The molecule has 2 amide bonds. The molecule has 1 unspecified atom stereocenters. The van der Waals surface area contributed by atoms with Crippen molar-refractivity contribution in [2.24, 2.45) is 5.92 Å². The van der Waals surface area contributed by atoms with Crippen LogP contribution in [0.3, 0.4) is 0 Å². The van der Waals surface area contributed by atoms with Gasteiger partial charge in [0.2, 0.25) is 15.9 Å². The maximum atomic E-state index is 14.0. The summed E-state index contributed by atoms with van der Waals surface area (Å²) in [5.41, 5.74) is 0.636. The first-order valence-corrected chi connectivity index (χ1v) is 17.0. The first-order valence-electron chi connectivity index (χ1n) is 15.5. The van der Waals surface area contributed by atoms with Crippen LogP contribution in [0.5, 0.6) is 5.75 Å². The normalized spacial score (nSPS) is 20.5. The van der Waals surface area contributed by atoms with Gasteiger partial charge in [0.1, 0.15) is 23.5 Å². The molecule has 0 spiro atoms. The van der Waals surface area contributed by atoms with Gasteiger partial charge in [0, 0.05) is 61.6 Å². The van der Waals surface area contributed by atoms with Crippen molar-refractivity contribution in [1.82, 2.24) is 19.4 Å². The topological polar surface area (TPSA) is 146 Å². The number of piperidine rings is 1. The number of hydrogen-bond donors (Lipinski definition) is 3. The number of hydrogen-bond acceptors (Lipinski definition) is 8. The fraction of sp³-hybridized carbons (Fsp3) is 0.469. The predicted octanol–water partition coefficient (Wildman–Crippen LogP) is 3.87. The van der Waals surface area contributed by atoms with E-state index in [1.165, 1.54) is 0 Å². The average molecular weight is 673 g/mol. The van der Waals surface area contributed by atoms with Crippen LogP contribution < -0.4 is 15.4 Å². The smallest absolute Gasteiger partial charge is 0.258 e. The van der Waals surface area contributed by atoms with Crippen LogP contribution in [0.2, 0.25) is 0 Å². The monoisotopic (exact) mass is 672 g/mol. The Morgan fingerprint density at radius 1 is 1.06 bits per heavy atom. The number of anilines is 2. The lowest BCUT2D eigenvalue weighted by Crippen LogP contribution is -2.45. The number of H-pyrrole nitrogens is 1. The number of sulfonamides is 1. The number of aromatic nitrogens is 2. The van der Waals surface area contributed by atoms with Crippen LogP contribution in [0.4, 0.5) is 20.3 Å². The lowest BCUT2D eigenvalue weighted by Gasteiger charge is -2.36. The van der Waals surface area contributed by atoms with E-state index in [1.54, 1.807) is 32.0 Å². The SMILES string of the molecule is CN1CCC(Oc2ccc(C(=O)Nc3n[nH]c4c3CN(S(=O)(=O)c3cc(F)cc(F)c3)CC4(C)C)c(NC(=O)C3CCOC3)c2)CC1. The molecule has 252 valence electrons. The van der Waals surface area contributed by atoms with Gasteiger partial charge in [0.15, 0.2) is 5.82 Å². The van der Waals surface area contributed by atoms with Crippen LogP contribution in [-0.2, 0) is 31.5 Å². The van der Waals surface area contributed by atoms with Crippen molar-refractivity contribution < 1.29 is 36.3 Å². The molecular formula is C32H38F2N6O6S. The number of nitrogens with one attached hydrogen (secondary N) is 3. The number of nitrogens with zero attached hydrogens (tertiary/aromatic N) is 3. The Hall–Kier alpha value is -3.92. The molecule has 6 rings (SSSR count). The van der Waals surface area contributed by atoms with Gasteiger partial charge in [0.25, 0.3) is 5.91 Å². The zero-order valence-electron chi connectivity index (χ0n) is 26.4. The number of amides is 2. The Morgan fingerprint density at radius 2 is 1.79 bits per heavy atom. The third-order valence-electron chi connectivity index (χ3n) is 8.92. The highest BCUT2D eigenvalue weighted by molar-refractivity contribution is 7.89. The average Bonchev–Trinajstić information content (AvgIpc) is 3.69. The molecule has 1 aromatic heterocycles. The minimum atomic E-state index is -4.32. The molecule has 15 heteroatoms. The van der Waals surface area contributed by atoms with Crippen molar-refractivity contribution in [2.45, 2.75) is 56.1 Å². The second kappa shape index (κ2) is 12.9. The fourth-order valence-electron chi connectivity index (χ4n) is 6.28. The summed E-state index contributed by atoms with van der Waals surface area (Å²) in [4.78, 5) is 28.6. The Kier molecular flexibility index (Phi) is 9.09. The summed E-state index contributed by atoms with van der Waals surface area (Å²) in [6.45, 7) is 5.95. The maximum Gasteiger partial charge on any atom is 0.258 e. The molecular weight excluding hydrogens is 634 g/mol. The molecule has 4 heterocycles. The molecule has 2 saturated heterocycles. The standard InChI is InChI=1S/C32H38F2N6O6S/c1-32(2)18-40(47(43,44)24-13-20(33)12-21(34)14-24)16-26-28(32)37-38-29(26)36-31(42)25-5-4-23(46-22-6-9-39(3)10-7-22)15-27(25)35-30(41)19-8-11-45-17-19/h4-5,12-15,19,22H,6-11,16-18H2,1-3H3,(H,35,41)(H2,36,37,38,42). The highest BCUT2D eigenvalue weighted by Gasteiger charge is 2.41. The number of carbonyl (C=O) groups is 2. The molecule has 2 aromatic carbocycles. The summed E-state index contributed by atoms with van der Waals surface area (Å²) in [5.74, 6) is -2.64. The first kappa shape index (κ1) is 33.0. The van der Waals surface area contributed by atoms with Gasteiger partial charge >= 0.3 is 0 Å². The number of carbonyl (C=O) groups excluding carboxylic acids is 2. The zero-order chi connectivity index (χ0) is 33.5. The van der Waals surface area contributed by atoms with Crippen LogP contribution in [0, 0.1) is 17.6 Å². The first-order chi connectivity index (χ1) is 22.3. The van der Waals surface area contributed by atoms with Crippen LogP contribution >= 0.6 is 0 Å². The molecule has 12 nitrogen and oxygen atoms in total. The number of ether oxygens (including phenoxy) is 2. The maximum absolute atomic E-state index is 14.0. The molecule has 3 aliphatic heterocycles. The van der Waals surface area contributed by atoms with Crippen LogP contribution in [0.25, 0.3) is 0 Å². The third kappa shape index (κ3) is 7.03. The summed E-state index contributed by atoms with van der Waals surface area (Å²) in [6.07, 6.45) is 2.26. The lowest BCUT2D eigenvalue weighted by atomic mass is 9.84. The van der Waals surface area contributed by atoms with Crippen LogP contribution in [0.1, 0.15) is 54.7 Å². The highest BCUT2D eigenvalue weighted by atomic mass is 32.2. The van der Waals surface area contributed by atoms with Gasteiger partial charge in [-0.15, -0.1) is 0 Å². The van der Waals surface area contributed by atoms with Crippen LogP contribution in [0.15, 0.2) is 41.3 Å². The van der Waals surface area contributed by atoms with Crippen molar-refractivity contribution in [3.8, 4) is 5.75 Å². The molecule has 0 bridgehead atoms. The summed E-state index contributed by atoms with van der Waals surface area (Å²) in [5, 5.41) is 12.9. The lowest BCUT2D eigenvalue weighted by molar-refractivity contribution is -0.119. The minimum Gasteiger partial charge on any atom is -0.490 e. The van der Waals surface area contributed by atoms with Crippen molar-refractivity contribution in [1.29, 1.82) is 0 Å². The highest BCUT2D eigenvalue weighted by Crippen LogP contribution is 2.38. The van der Waals surface area contributed by atoms with Gasteiger partial charge in [-0.05, 0) is 50.6 Å². The number of benzene rings is 2. The van der Waals surface area contributed by atoms with Crippen molar-refractivity contribution >= 4 is 33.3 Å². The van der Waals surface area contributed by atoms with Gasteiger partial charge in [-0.25, -0.2) is 17.2 Å². The third-order valence-corrected chi connectivity index (χ3v) is 10.7. The molecule has 0 aliphatic carbocycles. The summed E-state index contributed by atoms with van der Waals surface area (Å²) < 4.78 is 67.7. The Morgan fingerprint density at radius 3 is 2.47 bits per heavy atom. The number of rotatable bonds is 8. The van der Waals surface area contributed by atoms with E-state index in [-0.39, 0.29) is 54.7 Å². The Labute approximate surface area is 271 Å². The summed E-state index contributed by atoms with van der Waals surface area (Å²) >= 11 is 0. The molecule has 3 aliphatic rings. The number of aromatic amines is 1. The van der Waals surface area contributed by atoms with E-state index in [0.717, 1.165) is 42.4 Å². The van der Waals surface area contributed by atoms with E-state index in [2.05, 4.69) is 32.8 Å². The van der Waals surface area contributed by atoms with E-state index in [9.17, 15) is 26.8 Å². The molecule has 3 aromatic rings. The minimum absolute atomic E-state index is 0.000288. The predicted molar refractivity (Wildman–Crippen MR) is 169 cm³/mol. The van der Waals surface area contributed by atoms with Crippen molar-refractivity contribution in [3.05, 3.63) is 64.9 Å². The Bertz CT molecular complexity index is 1760. The van der Waals surface area contributed by atoms with E-state index in [1.807, 2.05) is 0 Å². The summed E-state index contributed by atoms with van der Waals surface area (Å²) in [6, 6.07) is 7.03. The Balaban J connectivity index is 1.27. The van der Waals surface area contributed by atoms with E-state index in [4.69, 9.17) is 9.47 Å². The van der Waals surface area contributed by atoms with Crippen molar-refractivity contribution in [3.63, 3.8) is 0 Å². The van der Waals surface area contributed by atoms with Gasteiger partial charge < -0.3 is 25.0 Å². The van der Waals surface area contributed by atoms with Gasteiger partial charge in [-0.1, -0.05) is 13.8 Å². The molecule has 0 radical (unpaired) electrons. The molecule has 2 fully saturated rings. The largest absolute Gasteiger partial charge is 0.490 e. The van der Waals surface area contributed by atoms with Crippen LogP contribution in [-0.4, -0.2) is 85.6 Å². The quantitative estimate of drug-likeness (QED) is 0.327. The van der Waals surface area contributed by atoms with Crippen molar-refractivity contribution in [2.75, 3.05) is 50.5 Å². The zero-order valence-corrected chi connectivity index (χ0v) is 27.3. The number of likely N-dealkylation sites (tertiary alicyclic amines) is 1. The molecule has 47 heavy (non-hydrogen) atoms. The molecule has 3 N–H and O–H groups in total. The summed E-state index contributed by atoms with van der Waals surface area (Å²) in [7, 11) is -2.26. The second-order valence-corrected chi connectivity index (χ2v) is 15.0. The van der Waals surface area contributed by atoms with Gasteiger partial charge in [0.05, 0.1) is 28.7 Å². The van der Waals surface area contributed by atoms with E-state index < -0.39 is 37.9 Å². The van der Waals surface area contributed by atoms with E-state index in [0.29, 0.717) is 36.1 Å².